The number of thiazole rings is 1. The number of carbonyl (C=O) groups is 2. The molecular formula is C18H21F3N4O4S. The minimum absolute atomic E-state index is 0.0188. The van der Waals surface area contributed by atoms with Crippen molar-refractivity contribution in [3.05, 3.63) is 34.3 Å². The summed E-state index contributed by atoms with van der Waals surface area (Å²) in [6.45, 7) is 2.69. The van der Waals surface area contributed by atoms with E-state index >= 15 is 0 Å². The molecule has 8 nitrogen and oxygen atoms in total. The highest BCUT2D eigenvalue weighted by Gasteiger charge is 2.38. The fourth-order valence-corrected chi connectivity index (χ4v) is 3.69. The Bertz CT molecular complexity index is 881. The predicted molar refractivity (Wildman–Crippen MR) is 100 cm³/mol. The number of imidazole rings is 1. The van der Waals surface area contributed by atoms with Crippen molar-refractivity contribution in [3.8, 4) is 0 Å². The zero-order valence-corrected chi connectivity index (χ0v) is 16.9. The number of rotatable bonds is 5. The van der Waals surface area contributed by atoms with Crippen molar-refractivity contribution in [2.24, 2.45) is 13.0 Å². The maximum absolute atomic E-state index is 12.6. The monoisotopic (exact) mass is 446 g/mol. The van der Waals surface area contributed by atoms with Crippen LogP contribution in [0.5, 0.6) is 0 Å². The molecule has 164 valence electrons. The van der Waals surface area contributed by atoms with E-state index in [4.69, 9.17) is 14.6 Å². The summed E-state index contributed by atoms with van der Waals surface area (Å²) in [6.07, 6.45) is -0.679. The molecule has 3 heterocycles. The highest BCUT2D eigenvalue weighted by atomic mass is 32.1. The number of alkyl halides is 3. The van der Waals surface area contributed by atoms with Crippen LogP contribution in [-0.2, 0) is 23.1 Å². The first-order valence-corrected chi connectivity index (χ1v) is 10.2. The number of carboxylic acids is 1. The first kappa shape index (κ1) is 22.2. The predicted octanol–water partition coefficient (Wildman–Crippen LogP) is 2.68. The molecule has 12 heteroatoms. The molecule has 1 saturated carbocycles. The average Bonchev–Trinajstić information content (AvgIpc) is 3.19. The Balaban J connectivity index is 0.000000318. The van der Waals surface area contributed by atoms with Crippen molar-refractivity contribution in [1.82, 2.24) is 19.4 Å². The molecule has 0 bridgehead atoms. The molecule has 2 aromatic rings. The fraction of sp³-hybridized carbons (Fsp3) is 0.556. The molecule has 4 rings (SSSR count). The molecule has 1 fully saturated rings. The van der Waals surface area contributed by atoms with Crippen molar-refractivity contribution in [2.75, 3.05) is 19.8 Å². The maximum atomic E-state index is 12.6. The minimum atomic E-state index is -5.08. The van der Waals surface area contributed by atoms with Gasteiger partial charge in [-0.25, -0.2) is 14.8 Å². The Labute approximate surface area is 174 Å². The van der Waals surface area contributed by atoms with Crippen LogP contribution in [0.15, 0.2) is 17.2 Å². The summed E-state index contributed by atoms with van der Waals surface area (Å²) >= 11 is 1.44. The van der Waals surface area contributed by atoms with Gasteiger partial charge in [0.1, 0.15) is 5.69 Å². The number of hydrogen-bond donors (Lipinski definition) is 1. The first-order valence-electron chi connectivity index (χ1n) is 9.22. The van der Waals surface area contributed by atoms with Crippen molar-refractivity contribution in [1.29, 1.82) is 0 Å². The second-order valence-corrected chi connectivity index (χ2v) is 7.95. The molecule has 30 heavy (non-hydrogen) atoms. The lowest BCUT2D eigenvalue weighted by molar-refractivity contribution is -0.192. The molecule has 2 aromatic heterocycles. The highest BCUT2D eigenvalue weighted by molar-refractivity contribution is 7.07. The van der Waals surface area contributed by atoms with Crippen LogP contribution >= 0.6 is 11.3 Å². The number of hydrogen-bond acceptors (Lipinski definition) is 6. The standard InChI is InChI=1S/C16H20N4O2S.C2HF3O2/c1-19-9-17-13-5-20(16(21)14-8-23-10-18-14)4-12(15(13)19)7-22-6-11-2-3-11;3-2(4,5)1(6)7/h8-12H,2-7H2,1H3;(H,6,7). The Morgan fingerprint density at radius 2 is 2.00 bits per heavy atom. The fourth-order valence-electron chi connectivity index (χ4n) is 3.16. The molecule has 0 aromatic carbocycles. The number of aliphatic carboxylic acids is 1. The van der Waals surface area contributed by atoms with E-state index < -0.39 is 12.1 Å². The van der Waals surface area contributed by atoms with Crippen molar-refractivity contribution >= 4 is 23.2 Å². The zero-order chi connectivity index (χ0) is 21.9. The summed E-state index contributed by atoms with van der Waals surface area (Å²) in [5.74, 6) is -1.85. The third-order valence-electron chi connectivity index (χ3n) is 4.78. The molecule has 0 spiro atoms. The quantitative estimate of drug-likeness (QED) is 0.759. The molecular weight excluding hydrogens is 425 g/mol. The van der Waals surface area contributed by atoms with Gasteiger partial charge in [-0.15, -0.1) is 11.3 Å². The number of carboxylic acid groups (broad SMARTS) is 1. The zero-order valence-electron chi connectivity index (χ0n) is 16.1. The summed E-state index contributed by atoms with van der Waals surface area (Å²) in [5.41, 5.74) is 4.39. The lowest BCUT2D eigenvalue weighted by Gasteiger charge is -2.32. The molecule has 0 saturated heterocycles. The van der Waals surface area contributed by atoms with Gasteiger partial charge < -0.3 is 19.3 Å². The van der Waals surface area contributed by atoms with Gasteiger partial charge in [0, 0.05) is 37.2 Å². The van der Waals surface area contributed by atoms with Crippen molar-refractivity contribution in [3.63, 3.8) is 0 Å². The normalized spacial score (nSPS) is 18.4. The molecule has 1 unspecified atom stereocenters. The average molecular weight is 446 g/mol. The third kappa shape index (κ3) is 5.57. The Morgan fingerprint density at radius 3 is 2.57 bits per heavy atom. The van der Waals surface area contributed by atoms with Gasteiger partial charge in [-0.2, -0.15) is 13.2 Å². The van der Waals surface area contributed by atoms with Crippen LogP contribution in [0.4, 0.5) is 13.2 Å². The topological polar surface area (TPSA) is 97.5 Å². The lowest BCUT2D eigenvalue weighted by Crippen LogP contribution is -2.40. The third-order valence-corrected chi connectivity index (χ3v) is 5.37. The van der Waals surface area contributed by atoms with E-state index in [1.54, 1.807) is 10.9 Å². The Kier molecular flexibility index (Phi) is 6.76. The van der Waals surface area contributed by atoms with E-state index in [1.165, 1.54) is 29.9 Å². The van der Waals surface area contributed by atoms with Crippen LogP contribution in [0.1, 0.15) is 40.6 Å². The van der Waals surface area contributed by atoms with Gasteiger partial charge in [0.15, 0.2) is 0 Å². The maximum Gasteiger partial charge on any atom is 0.490 e. The van der Waals surface area contributed by atoms with E-state index in [-0.39, 0.29) is 11.8 Å². The molecule has 0 radical (unpaired) electrons. The number of ether oxygens (including phenoxy) is 1. The van der Waals surface area contributed by atoms with Gasteiger partial charge >= 0.3 is 12.1 Å². The number of nitrogens with zero attached hydrogens (tertiary/aromatic N) is 4. The van der Waals surface area contributed by atoms with Crippen LogP contribution in [0, 0.1) is 5.92 Å². The van der Waals surface area contributed by atoms with Crippen LogP contribution in [-0.4, -0.2) is 62.4 Å². The van der Waals surface area contributed by atoms with Crippen molar-refractivity contribution < 1.29 is 32.6 Å². The molecule has 1 aliphatic heterocycles. The van der Waals surface area contributed by atoms with Gasteiger partial charge in [-0.1, -0.05) is 0 Å². The number of carbonyl (C=O) groups excluding carboxylic acids is 1. The van der Waals surface area contributed by atoms with Crippen molar-refractivity contribution in [2.45, 2.75) is 31.5 Å². The number of fused-ring (bicyclic) bond motifs is 1. The number of amides is 1. The Morgan fingerprint density at radius 1 is 1.30 bits per heavy atom. The lowest BCUT2D eigenvalue weighted by atomic mass is 9.98. The van der Waals surface area contributed by atoms with Gasteiger partial charge in [0.05, 0.1) is 30.7 Å². The summed E-state index contributed by atoms with van der Waals surface area (Å²) < 4.78 is 39.7. The van der Waals surface area contributed by atoms with Gasteiger partial charge in [0.2, 0.25) is 0 Å². The second-order valence-electron chi connectivity index (χ2n) is 7.23. The van der Waals surface area contributed by atoms with E-state index in [0.29, 0.717) is 25.4 Å². The van der Waals surface area contributed by atoms with E-state index in [2.05, 4.69) is 14.5 Å². The molecule has 2 aliphatic rings. The highest BCUT2D eigenvalue weighted by Crippen LogP contribution is 2.31. The summed E-state index contributed by atoms with van der Waals surface area (Å²) in [4.78, 5) is 32.0. The van der Waals surface area contributed by atoms with E-state index in [9.17, 15) is 18.0 Å². The van der Waals surface area contributed by atoms with E-state index in [1.807, 2.05) is 18.3 Å². The SMILES string of the molecule is Cn1cnc2c1C(COCC1CC1)CN(C(=O)c1cscn1)C2.O=C(O)C(F)(F)F. The Hall–Kier alpha value is -2.47. The van der Waals surface area contributed by atoms with Gasteiger partial charge in [-0.3, -0.25) is 4.79 Å². The van der Waals surface area contributed by atoms with Crippen LogP contribution in [0.2, 0.25) is 0 Å². The largest absolute Gasteiger partial charge is 0.490 e. The summed E-state index contributed by atoms with van der Waals surface area (Å²) in [5, 5.41) is 8.93. The molecule has 1 amide bonds. The second kappa shape index (κ2) is 9.13. The van der Waals surface area contributed by atoms with Crippen LogP contribution in [0.3, 0.4) is 0 Å². The molecule has 1 aliphatic carbocycles. The van der Waals surface area contributed by atoms with E-state index in [0.717, 1.165) is 18.2 Å². The molecule has 1 atom stereocenters. The smallest absolute Gasteiger partial charge is 0.475 e. The van der Waals surface area contributed by atoms with Gasteiger partial charge in [-0.05, 0) is 18.8 Å². The summed E-state index contributed by atoms with van der Waals surface area (Å²) in [7, 11) is 2.01. The van der Waals surface area contributed by atoms with Crippen LogP contribution in [0.25, 0.3) is 0 Å². The molecule has 1 N–H and O–H groups in total. The summed E-state index contributed by atoms with van der Waals surface area (Å²) in [6, 6.07) is 0. The van der Waals surface area contributed by atoms with Gasteiger partial charge in [0.25, 0.3) is 5.91 Å². The number of aromatic nitrogens is 3. The first-order chi connectivity index (χ1) is 14.2. The minimum Gasteiger partial charge on any atom is -0.475 e. The van der Waals surface area contributed by atoms with Crippen LogP contribution < -0.4 is 0 Å². The number of aryl methyl sites for hydroxylation is 1. The number of halogens is 3.